The number of hydrogen-bond donors (Lipinski definition) is 2. The van der Waals surface area contributed by atoms with Gasteiger partial charge in [-0.1, -0.05) is 12.1 Å². The Bertz CT molecular complexity index is 609. The Kier molecular flexibility index (Phi) is 8.31. The molecule has 8 heteroatoms. The van der Waals surface area contributed by atoms with Crippen molar-refractivity contribution in [2.45, 2.75) is 12.8 Å². The number of carbonyl (C=O) groups excluding carboxylic acids is 1. The van der Waals surface area contributed by atoms with Gasteiger partial charge < -0.3 is 20.0 Å². The molecule has 1 aromatic carbocycles. The fourth-order valence-electron chi connectivity index (χ4n) is 2.78. The monoisotopic (exact) mass is 374 g/mol. The van der Waals surface area contributed by atoms with Crippen molar-refractivity contribution >= 4 is 47.8 Å². The third-order valence-corrected chi connectivity index (χ3v) is 4.09. The van der Waals surface area contributed by atoms with Crippen LogP contribution in [-0.4, -0.2) is 44.1 Å². The first-order valence-corrected chi connectivity index (χ1v) is 7.81. The first-order chi connectivity index (χ1) is 10.8. The topological polar surface area (TPSA) is 70.4 Å². The maximum absolute atomic E-state index is 12.1. The summed E-state index contributed by atoms with van der Waals surface area (Å²) in [7, 11) is 1.88. The lowest BCUT2D eigenvalue weighted by molar-refractivity contribution is -0.125. The second kappa shape index (κ2) is 9.71. The zero-order valence-electron chi connectivity index (χ0n) is 13.7. The van der Waals surface area contributed by atoms with Gasteiger partial charge in [0.1, 0.15) is 5.52 Å². The molecule has 0 aliphatic carbocycles. The van der Waals surface area contributed by atoms with Gasteiger partial charge in [0.2, 0.25) is 5.91 Å². The van der Waals surface area contributed by atoms with Crippen molar-refractivity contribution in [2.24, 2.45) is 5.92 Å². The van der Waals surface area contributed by atoms with E-state index in [0.717, 1.165) is 43.6 Å². The van der Waals surface area contributed by atoms with Crippen LogP contribution in [0.3, 0.4) is 0 Å². The van der Waals surface area contributed by atoms with Gasteiger partial charge in [-0.15, -0.1) is 24.8 Å². The lowest BCUT2D eigenvalue weighted by Gasteiger charge is -2.30. The molecule has 0 spiro atoms. The molecule has 0 bridgehead atoms. The molecule has 2 aromatic rings. The fourth-order valence-corrected chi connectivity index (χ4v) is 2.78. The predicted octanol–water partition coefficient (Wildman–Crippen LogP) is 2.22. The number of anilines is 1. The van der Waals surface area contributed by atoms with Crippen LogP contribution < -0.4 is 15.5 Å². The molecule has 1 aliphatic rings. The van der Waals surface area contributed by atoms with Crippen molar-refractivity contribution < 1.29 is 9.21 Å². The molecule has 134 valence electrons. The molecule has 24 heavy (non-hydrogen) atoms. The molecule has 0 radical (unpaired) electrons. The van der Waals surface area contributed by atoms with E-state index >= 15 is 0 Å². The maximum atomic E-state index is 12.1. The number of likely N-dealkylation sites (N-methyl/N-ethyl adjacent to an activating group) is 1. The van der Waals surface area contributed by atoms with Gasteiger partial charge in [-0.05, 0) is 32.0 Å². The predicted molar refractivity (Wildman–Crippen MR) is 100 cm³/mol. The molecule has 2 heterocycles. The third-order valence-electron chi connectivity index (χ3n) is 4.09. The molecule has 2 N–H and O–H groups in total. The Hall–Kier alpha value is -1.50. The summed E-state index contributed by atoms with van der Waals surface area (Å²) in [6.07, 6.45) is 1.67. The van der Waals surface area contributed by atoms with Crippen LogP contribution in [0.4, 0.5) is 6.01 Å². The average Bonchev–Trinajstić information content (AvgIpc) is 2.99. The summed E-state index contributed by atoms with van der Waals surface area (Å²) in [6.45, 7) is 3.09. The van der Waals surface area contributed by atoms with E-state index in [9.17, 15) is 4.79 Å². The van der Waals surface area contributed by atoms with E-state index in [0.29, 0.717) is 12.6 Å². The summed E-state index contributed by atoms with van der Waals surface area (Å²) >= 11 is 0. The maximum Gasteiger partial charge on any atom is 0.298 e. The van der Waals surface area contributed by atoms with Gasteiger partial charge in [0, 0.05) is 32.1 Å². The Labute approximate surface area is 154 Å². The van der Waals surface area contributed by atoms with Gasteiger partial charge >= 0.3 is 0 Å². The highest BCUT2D eigenvalue weighted by Crippen LogP contribution is 2.26. The number of piperidine rings is 1. The molecule has 0 atom stereocenters. The minimum absolute atomic E-state index is 0. The molecule has 1 fully saturated rings. The summed E-state index contributed by atoms with van der Waals surface area (Å²) in [4.78, 5) is 18.7. The summed E-state index contributed by atoms with van der Waals surface area (Å²) in [5.41, 5.74) is 1.69. The number of hydrogen-bond acceptors (Lipinski definition) is 5. The quantitative estimate of drug-likeness (QED) is 0.785. The lowest BCUT2D eigenvalue weighted by Crippen LogP contribution is -2.42. The smallest absolute Gasteiger partial charge is 0.298 e. The Morgan fingerprint density at radius 2 is 1.96 bits per heavy atom. The first-order valence-electron chi connectivity index (χ1n) is 7.81. The SMILES string of the molecule is CNCCNC(=O)C1CCN(c2nc3ccccc3o2)CC1.Cl.Cl. The number of halogens is 2. The molecule has 1 saturated heterocycles. The fraction of sp³-hybridized carbons (Fsp3) is 0.500. The lowest BCUT2D eigenvalue weighted by atomic mass is 9.96. The molecule has 1 aromatic heterocycles. The van der Waals surface area contributed by atoms with Crippen molar-refractivity contribution in [2.75, 3.05) is 38.1 Å². The van der Waals surface area contributed by atoms with Crippen LogP contribution in [0.5, 0.6) is 0 Å². The van der Waals surface area contributed by atoms with E-state index in [1.165, 1.54) is 0 Å². The standard InChI is InChI=1S/C16H22N4O2.2ClH/c1-17-8-9-18-15(21)12-6-10-20(11-7-12)16-19-13-4-2-3-5-14(13)22-16;;/h2-5,12,17H,6-11H2,1H3,(H,18,21);2*1H. The van der Waals surface area contributed by atoms with Crippen LogP contribution in [-0.2, 0) is 4.79 Å². The molecule has 3 rings (SSSR count). The molecular weight excluding hydrogens is 351 g/mol. The molecule has 0 saturated carbocycles. The van der Waals surface area contributed by atoms with Crippen molar-refractivity contribution in [3.8, 4) is 0 Å². The minimum atomic E-state index is 0. The summed E-state index contributed by atoms with van der Waals surface area (Å²) in [5, 5.41) is 5.99. The number of para-hydroxylation sites is 2. The number of aromatic nitrogens is 1. The second-order valence-corrected chi connectivity index (χ2v) is 5.62. The van der Waals surface area contributed by atoms with Gasteiger partial charge in [0.15, 0.2) is 5.58 Å². The number of oxazole rings is 1. The highest BCUT2D eigenvalue weighted by atomic mass is 35.5. The highest BCUT2D eigenvalue weighted by Gasteiger charge is 2.26. The van der Waals surface area contributed by atoms with Crippen LogP contribution in [0.25, 0.3) is 11.1 Å². The molecule has 6 nitrogen and oxygen atoms in total. The van der Waals surface area contributed by atoms with E-state index in [4.69, 9.17) is 4.42 Å². The van der Waals surface area contributed by atoms with E-state index in [1.54, 1.807) is 0 Å². The van der Waals surface area contributed by atoms with Crippen LogP contribution in [0.2, 0.25) is 0 Å². The summed E-state index contributed by atoms with van der Waals surface area (Å²) in [6, 6.07) is 8.43. The normalized spacial score (nSPS) is 14.8. The largest absolute Gasteiger partial charge is 0.423 e. The first kappa shape index (κ1) is 20.5. The van der Waals surface area contributed by atoms with Crippen molar-refractivity contribution in [1.82, 2.24) is 15.6 Å². The van der Waals surface area contributed by atoms with Crippen molar-refractivity contribution in [3.05, 3.63) is 24.3 Å². The van der Waals surface area contributed by atoms with E-state index in [1.807, 2.05) is 31.3 Å². The summed E-state index contributed by atoms with van der Waals surface area (Å²) < 4.78 is 5.79. The molecule has 1 aliphatic heterocycles. The van der Waals surface area contributed by atoms with Gasteiger partial charge in [-0.25, -0.2) is 0 Å². The molecule has 0 unspecified atom stereocenters. The average molecular weight is 375 g/mol. The van der Waals surface area contributed by atoms with E-state index in [2.05, 4.69) is 20.5 Å². The van der Waals surface area contributed by atoms with Gasteiger partial charge in [-0.3, -0.25) is 4.79 Å². The molecule has 1 amide bonds. The van der Waals surface area contributed by atoms with Crippen molar-refractivity contribution in [1.29, 1.82) is 0 Å². The number of nitrogens with one attached hydrogen (secondary N) is 2. The number of nitrogens with zero attached hydrogens (tertiary/aromatic N) is 2. The number of amides is 1. The summed E-state index contributed by atoms with van der Waals surface area (Å²) in [5.74, 6) is 0.255. The van der Waals surface area contributed by atoms with Crippen molar-refractivity contribution in [3.63, 3.8) is 0 Å². The Morgan fingerprint density at radius 3 is 2.62 bits per heavy atom. The molecular formula is C16H24Cl2N4O2. The van der Waals surface area contributed by atoms with Gasteiger partial charge in [-0.2, -0.15) is 4.98 Å². The second-order valence-electron chi connectivity index (χ2n) is 5.62. The number of fused-ring (bicyclic) bond motifs is 1. The van der Waals surface area contributed by atoms with E-state index in [-0.39, 0.29) is 36.6 Å². The number of benzene rings is 1. The zero-order valence-corrected chi connectivity index (χ0v) is 15.3. The van der Waals surface area contributed by atoms with Gasteiger partial charge in [0.25, 0.3) is 6.01 Å². The third kappa shape index (κ3) is 4.75. The number of rotatable bonds is 5. The van der Waals surface area contributed by atoms with Crippen LogP contribution in [0.15, 0.2) is 28.7 Å². The van der Waals surface area contributed by atoms with Crippen LogP contribution >= 0.6 is 24.8 Å². The van der Waals surface area contributed by atoms with E-state index < -0.39 is 0 Å². The zero-order chi connectivity index (χ0) is 15.4. The Balaban J connectivity index is 0.00000144. The minimum Gasteiger partial charge on any atom is -0.423 e. The Morgan fingerprint density at radius 1 is 1.25 bits per heavy atom. The van der Waals surface area contributed by atoms with Crippen LogP contribution in [0.1, 0.15) is 12.8 Å². The van der Waals surface area contributed by atoms with Crippen LogP contribution in [0, 0.1) is 5.92 Å². The number of carbonyl (C=O) groups is 1. The van der Waals surface area contributed by atoms with Gasteiger partial charge in [0.05, 0.1) is 0 Å². The highest BCUT2D eigenvalue weighted by molar-refractivity contribution is 5.85.